The van der Waals surface area contributed by atoms with Crippen LogP contribution in [0.5, 0.6) is 0 Å². The Kier molecular flexibility index (Phi) is 14.4. The Morgan fingerprint density at radius 3 is 1.97 bits per heavy atom. The zero-order valence-corrected chi connectivity index (χ0v) is 20.6. The molecule has 0 bridgehead atoms. The Morgan fingerprint density at radius 2 is 1.39 bits per heavy atom. The van der Waals surface area contributed by atoms with E-state index in [2.05, 4.69) is 5.32 Å². The number of nitrogens with one attached hydrogen (secondary N) is 1. The molecule has 1 aromatic carbocycles. The quantitative estimate of drug-likeness (QED) is 0.211. The average molecular weight is 509 g/mol. The minimum absolute atomic E-state index is 0.0959. The van der Waals surface area contributed by atoms with Crippen LogP contribution in [-0.2, 0) is 19.2 Å². The molecule has 0 aliphatic carbocycles. The zero-order chi connectivity index (χ0) is 26.9. The van der Waals surface area contributed by atoms with Crippen molar-refractivity contribution in [2.24, 2.45) is 0 Å². The van der Waals surface area contributed by atoms with E-state index >= 15 is 0 Å². The number of carboxylic acid groups (broad SMARTS) is 1. The maximum atomic E-state index is 13.1. The number of amides is 4. The summed E-state index contributed by atoms with van der Waals surface area (Å²) in [6, 6.07) is 8.53. The highest BCUT2D eigenvalue weighted by molar-refractivity contribution is 5.97. The van der Waals surface area contributed by atoms with Crippen LogP contribution in [-0.4, -0.2) is 119 Å². The summed E-state index contributed by atoms with van der Waals surface area (Å²) in [6.45, 7) is -0.0662. The molecule has 0 saturated carbocycles. The molecule has 200 valence electrons. The second kappa shape index (κ2) is 17.0. The van der Waals surface area contributed by atoms with Crippen LogP contribution in [0, 0.1) is 0 Å². The molecule has 0 aliphatic heterocycles. The van der Waals surface area contributed by atoms with Crippen LogP contribution in [0.2, 0.25) is 0 Å². The average Bonchev–Trinajstić information content (AvgIpc) is 2.87. The van der Waals surface area contributed by atoms with Crippen molar-refractivity contribution in [1.29, 1.82) is 0 Å². The number of hydrogen-bond donors (Lipinski definition) is 4. The molecule has 4 amide bonds. The molecule has 4 N–H and O–H groups in total. The van der Waals surface area contributed by atoms with Gasteiger partial charge in [-0.25, -0.2) is 0 Å². The van der Waals surface area contributed by atoms with Crippen LogP contribution in [0.25, 0.3) is 0 Å². The number of benzene rings is 1. The lowest BCUT2D eigenvalue weighted by molar-refractivity contribution is -0.142. The fourth-order valence-electron chi connectivity index (χ4n) is 3.28. The van der Waals surface area contributed by atoms with Gasteiger partial charge in [0.25, 0.3) is 5.91 Å². The fourth-order valence-corrected chi connectivity index (χ4v) is 3.28. The lowest BCUT2D eigenvalue weighted by Crippen LogP contribution is -2.49. The second-order valence-electron chi connectivity index (χ2n) is 8.01. The van der Waals surface area contributed by atoms with Crippen LogP contribution in [0.15, 0.2) is 30.3 Å². The number of carboxylic acids is 1. The normalized spacial score (nSPS) is 10.4. The van der Waals surface area contributed by atoms with Gasteiger partial charge in [-0.2, -0.15) is 0 Å². The minimum atomic E-state index is -1.21. The largest absolute Gasteiger partial charge is 0.480 e. The predicted molar refractivity (Wildman–Crippen MR) is 130 cm³/mol. The van der Waals surface area contributed by atoms with Gasteiger partial charge in [0.1, 0.15) is 13.1 Å². The van der Waals surface area contributed by atoms with Gasteiger partial charge in [0.15, 0.2) is 0 Å². The molecule has 1 aromatic rings. The number of aliphatic hydroxyl groups is 2. The van der Waals surface area contributed by atoms with E-state index < -0.39 is 43.4 Å². The smallest absolute Gasteiger partial charge is 0.322 e. The van der Waals surface area contributed by atoms with E-state index in [1.165, 1.54) is 9.80 Å². The number of carbonyl (C=O) groups is 5. The van der Waals surface area contributed by atoms with Crippen molar-refractivity contribution >= 4 is 29.6 Å². The third-order valence-corrected chi connectivity index (χ3v) is 5.23. The number of unbranched alkanes of at least 4 members (excludes halogenated alkanes) is 1. The Balaban J connectivity index is 2.87. The standard InChI is InChI=1S/C24H36N4O8/c1-2-3-10-28(24(36)19-7-5-4-6-8-19)18-22(33)27(13-15-30)17-21(32)26(12-14-29)11-9-20(31)25-16-23(34)35/h4-8,29-30H,2-3,9-18H2,1H3,(H,25,31)(H,34,35). The van der Waals surface area contributed by atoms with E-state index in [4.69, 9.17) is 5.11 Å². The molecule has 0 aliphatic rings. The SMILES string of the molecule is CCCCN(CC(=O)N(CCO)CC(=O)N(CCO)CCC(=O)NCC(=O)O)C(=O)c1ccccc1. The summed E-state index contributed by atoms with van der Waals surface area (Å²) in [4.78, 5) is 64.9. The summed E-state index contributed by atoms with van der Waals surface area (Å²) >= 11 is 0. The molecule has 12 nitrogen and oxygen atoms in total. The van der Waals surface area contributed by atoms with Gasteiger partial charge in [0.05, 0.1) is 19.8 Å². The van der Waals surface area contributed by atoms with Gasteiger partial charge in [0.2, 0.25) is 17.7 Å². The highest BCUT2D eigenvalue weighted by Crippen LogP contribution is 2.08. The Bertz CT molecular complexity index is 865. The van der Waals surface area contributed by atoms with Crippen molar-refractivity contribution in [3.8, 4) is 0 Å². The van der Waals surface area contributed by atoms with Crippen molar-refractivity contribution in [3.05, 3.63) is 35.9 Å². The topological polar surface area (TPSA) is 168 Å². The summed E-state index contributed by atoms with van der Waals surface area (Å²) in [7, 11) is 0. The van der Waals surface area contributed by atoms with E-state index in [0.717, 1.165) is 11.3 Å². The van der Waals surface area contributed by atoms with E-state index in [-0.39, 0.29) is 45.1 Å². The van der Waals surface area contributed by atoms with Crippen molar-refractivity contribution in [2.75, 3.05) is 59.0 Å². The Labute approximate surface area is 210 Å². The van der Waals surface area contributed by atoms with Gasteiger partial charge >= 0.3 is 5.97 Å². The molecule has 0 unspecified atom stereocenters. The van der Waals surface area contributed by atoms with E-state index in [0.29, 0.717) is 18.5 Å². The fraction of sp³-hybridized carbons (Fsp3) is 0.542. The lowest BCUT2D eigenvalue weighted by Gasteiger charge is -2.29. The maximum Gasteiger partial charge on any atom is 0.322 e. The van der Waals surface area contributed by atoms with Crippen molar-refractivity contribution in [3.63, 3.8) is 0 Å². The monoisotopic (exact) mass is 508 g/mol. The summed E-state index contributed by atoms with van der Waals surface area (Å²) < 4.78 is 0. The molecular weight excluding hydrogens is 472 g/mol. The lowest BCUT2D eigenvalue weighted by atomic mass is 10.2. The Morgan fingerprint density at radius 1 is 0.806 bits per heavy atom. The van der Waals surface area contributed by atoms with Gasteiger partial charge in [-0.05, 0) is 18.6 Å². The van der Waals surface area contributed by atoms with Crippen molar-refractivity contribution in [2.45, 2.75) is 26.2 Å². The van der Waals surface area contributed by atoms with Gasteiger partial charge in [-0.15, -0.1) is 0 Å². The van der Waals surface area contributed by atoms with Crippen LogP contribution < -0.4 is 5.32 Å². The van der Waals surface area contributed by atoms with Gasteiger partial charge < -0.3 is 35.3 Å². The predicted octanol–water partition coefficient (Wildman–Crippen LogP) is -0.838. The highest BCUT2D eigenvalue weighted by atomic mass is 16.4. The molecule has 0 radical (unpaired) electrons. The first kappa shape index (κ1) is 30.5. The molecule has 0 atom stereocenters. The number of hydrogen-bond acceptors (Lipinski definition) is 7. The first-order chi connectivity index (χ1) is 17.2. The molecule has 0 spiro atoms. The molecular formula is C24H36N4O8. The van der Waals surface area contributed by atoms with Gasteiger partial charge in [-0.3, -0.25) is 24.0 Å². The van der Waals surface area contributed by atoms with E-state index in [1.807, 2.05) is 6.92 Å². The van der Waals surface area contributed by atoms with Crippen LogP contribution >= 0.6 is 0 Å². The third-order valence-electron chi connectivity index (χ3n) is 5.23. The van der Waals surface area contributed by atoms with Crippen LogP contribution in [0.1, 0.15) is 36.5 Å². The number of rotatable bonds is 17. The number of nitrogens with zero attached hydrogens (tertiary/aromatic N) is 3. The van der Waals surface area contributed by atoms with Crippen molar-refractivity contribution in [1.82, 2.24) is 20.0 Å². The Hall–Kier alpha value is -3.51. The summed E-state index contributed by atoms with van der Waals surface area (Å²) in [6.07, 6.45) is 1.30. The number of aliphatic carboxylic acids is 1. The molecule has 36 heavy (non-hydrogen) atoms. The first-order valence-electron chi connectivity index (χ1n) is 11.8. The molecule has 0 saturated heterocycles. The molecule has 12 heteroatoms. The highest BCUT2D eigenvalue weighted by Gasteiger charge is 2.25. The summed E-state index contributed by atoms with van der Waals surface area (Å²) in [5.41, 5.74) is 0.432. The van der Waals surface area contributed by atoms with Crippen molar-refractivity contribution < 1.29 is 39.3 Å². The van der Waals surface area contributed by atoms with Gasteiger partial charge in [0, 0.05) is 38.2 Å². The zero-order valence-electron chi connectivity index (χ0n) is 20.6. The van der Waals surface area contributed by atoms with Crippen LogP contribution in [0.4, 0.5) is 0 Å². The van der Waals surface area contributed by atoms with Gasteiger partial charge in [-0.1, -0.05) is 31.5 Å². The molecule has 0 heterocycles. The second-order valence-corrected chi connectivity index (χ2v) is 8.01. The minimum Gasteiger partial charge on any atom is -0.480 e. The number of aliphatic hydroxyl groups excluding tert-OH is 2. The third kappa shape index (κ3) is 11.3. The molecule has 0 fully saturated rings. The number of carbonyl (C=O) groups excluding carboxylic acids is 4. The van der Waals surface area contributed by atoms with E-state index in [9.17, 15) is 34.2 Å². The van der Waals surface area contributed by atoms with E-state index in [1.54, 1.807) is 30.3 Å². The summed E-state index contributed by atoms with van der Waals surface area (Å²) in [5, 5.41) is 29.6. The maximum absolute atomic E-state index is 13.1. The summed E-state index contributed by atoms with van der Waals surface area (Å²) in [5.74, 6) is -3.19. The van der Waals surface area contributed by atoms with Crippen LogP contribution in [0.3, 0.4) is 0 Å². The first-order valence-corrected chi connectivity index (χ1v) is 11.8. The molecule has 0 aromatic heterocycles. The molecule has 1 rings (SSSR count).